The van der Waals surface area contributed by atoms with Gasteiger partial charge in [0.15, 0.2) is 0 Å². The van der Waals surface area contributed by atoms with Crippen LogP contribution in [0.3, 0.4) is 0 Å². The van der Waals surface area contributed by atoms with E-state index in [2.05, 4.69) is 25.5 Å². The molecule has 0 radical (unpaired) electrons. The quantitative estimate of drug-likeness (QED) is 0.677. The third-order valence-corrected chi connectivity index (χ3v) is 6.17. The first-order valence-corrected chi connectivity index (χ1v) is 10.1. The molecular formula is C21H23FN6O2. The highest BCUT2D eigenvalue weighted by molar-refractivity contribution is 5.71. The van der Waals surface area contributed by atoms with Crippen LogP contribution in [0, 0.1) is 0 Å². The largest absolute Gasteiger partial charge is 0.507 e. The summed E-state index contributed by atoms with van der Waals surface area (Å²) in [4.78, 5) is 10.9. The predicted octanol–water partition coefficient (Wildman–Crippen LogP) is 2.96. The fraction of sp³-hybridized carbons (Fsp3) is 0.429. The molecule has 2 N–H and O–H groups in total. The van der Waals surface area contributed by atoms with Crippen LogP contribution in [0.5, 0.6) is 5.75 Å². The number of aromatic hydroxyl groups is 1. The summed E-state index contributed by atoms with van der Waals surface area (Å²) in [6.07, 6.45) is 7.35. The third kappa shape index (κ3) is 3.39. The molecular weight excluding hydrogens is 387 g/mol. The minimum atomic E-state index is -0.936. The lowest BCUT2D eigenvalue weighted by Gasteiger charge is -2.46. The van der Waals surface area contributed by atoms with Gasteiger partial charge in [-0.2, -0.15) is 0 Å². The van der Waals surface area contributed by atoms with Crippen molar-refractivity contribution in [2.45, 2.75) is 50.0 Å². The number of halogens is 1. The number of hydrogen-bond donors (Lipinski definition) is 2. The van der Waals surface area contributed by atoms with Crippen LogP contribution in [-0.4, -0.2) is 56.6 Å². The molecule has 2 aromatic heterocycles. The van der Waals surface area contributed by atoms with Crippen molar-refractivity contribution in [2.75, 3.05) is 11.9 Å². The lowest BCUT2D eigenvalue weighted by molar-refractivity contribution is 0.107. The van der Waals surface area contributed by atoms with Gasteiger partial charge in [0.05, 0.1) is 24.1 Å². The number of phenols is 1. The Labute approximate surface area is 173 Å². The molecule has 0 saturated carbocycles. The van der Waals surface area contributed by atoms with E-state index in [1.54, 1.807) is 30.6 Å². The van der Waals surface area contributed by atoms with Gasteiger partial charge in [-0.15, -0.1) is 10.2 Å². The van der Waals surface area contributed by atoms with E-state index in [9.17, 15) is 5.11 Å². The molecule has 3 aromatic rings. The van der Waals surface area contributed by atoms with E-state index in [0.29, 0.717) is 34.6 Å². The minimum absolute atomic E-state index is 0.0381. The Hall–Kier alpha value is -3.07. The Morgan fingerprint density at radius 3 is 2.87 bits per heavy atom. The molecule has 2 aliphatic rings. The Bertz CT molecular complexity index is 1010. The number of nitrogens with zero attached hydrogens (tertiary/aromatic N) is 5. The maximum absolute atomic E-state index is 15.0. The van der Waals surface area contributed by atoms with Crippen LogP contribution < -0.4 is 10.2 Å². The molecule has 0 spiro atoms. The first-order valence-electron chi connectivity index (χ1n) is 10.1. The lowest BCUT2D eigenvalue weighted by Crippen LogP contribution is -2.61. The number of nitrogens with one attached hydrogen (secondary N) is 1. The summed E-state index contributed by atoms with van der Waals surface area (Å²) in [7, 11) is 1.87. The lowest BCUT2D eigenvalue weighted by atomic mass is 9.82. The van der Waals surface area contributed by atoms with Gasteiger partial charge in [-0.1, -0.05) is 6.42 Å². The van der Waals surface area contributed by atoms with E-state index in [1.807, 2.05) is 11.9 Å². The SMILES string of the molecule is CN(c1cnc(-c2ccc(-c3nnco3)cc2O)cn1)[C@H]1CC2CCCC(N2)[C@H]1F. The molecule has 2 saturated heterocycles. The standard InChI is InChI=1S/C21H23FN6O2/c1-28(17-8-13-3-2-4-15(26-13)20(17)22)19-10-23-16(9-24-19)14-6-5-12(7-18(14)29)21-27-25-11-30-21/h5-7,9-11,13,15,17,20,26,29H,2-4,8H2,1H3/t13?,15?,17-,20+/m0/s1. The van der Waals surface area contributed by atoms with Gasteiger partial charge in [-0.25, -0.2) is 9.37 Å². The average molecular weight is 410 g/mol. The third-order valence-electron chi connectivity index (χ3n) is 6.17. The van der Waals surface area contributed by atoms with E-state index in [1.165, 1.54) is 6.39 Å². The van der Waals surface area contributed by atoms with Crippen molar-refractivity contribution in [1.82, 2.24) is 25.5 Å². The molecule has 4 atom stereocenters. The molecule has 156 valence electrons. The molecule has 2 unspecified atom stereocenters. The zero-order valence-corrected chi connectivity index (χ0v) is 16.6. The van der Waals surface area contributed by atoms with Crippen LogP contribution >= 0.6 is 0 Å². The number of fused-ring (bicyclic) bond motifs is 2. The van der Waals surface area contributed by atoms with Crippen LogP contribution in [0.4, 0.5) is 10.2 Å². The number of alkyl halides is 1. The normalized spacial score (nSPS) is 25.8. The van der Waals surface area contributed by atoms with Gasteiger partial charge in [-0.05, 0) is 37.5 Å². The van der Waals surface area contributed by atoms with E-state index in [-0.39, 0.29) is 17.8 Å². The van der Waals surface area contributed by atoms with Gasteiger partial charge in [-0.3, -0.25) is 4.98 Å². The Morgan fingerprint density at radius 2 is 2.13 bits per heavy atom. The molecule has 4 heterocycles. The van der Waals surface area contributed by atoms with Crippen LogP contribution in [0.25, 0.3) is 22.7 Å². The van der Waals surface area contributed by atoms with Crippen LogP contribution in [0.15, 0.2) is 41.4 Å². The zero-order chi connectivity index (χ0) is 20.7. The van der Waals surface area contributed by atoms with E-state index >= 15 is 4.39 Å². The fourth-order valence-corrected chi connectivity index (χ4v) is 4.54. The van der Waals surface area contributed by atoms with Gasteiger partial charge < -0.3 is 19.7 Å². The summed E-state index contributed by atoms with van der Waals surface area (Å²) in [6.45, 7) is 0. The molecule has 0 aliphatic carbocycles. The van der Waals surface area contributed by atoms with Crippen molar-refractivity contribution in [3.05, 3.63) is 37.0 Å². The summed E-state index contributed by atoms with van der Waals surface area (Å²) in [5.74, 6) is 0.983. The smallest absolute Gasteiger partial charge is 0.247 e. The van der Waals surface area contributed by atoms with Crippen molar-refractivity contribution in [3.8, 4) is 28.5 Å². The zero-order valence-electron chi connectivity index (χ0n) is 16.6. The second-order valence-electron chi connectivity index (χ2n) is 8.00. The summed E-state index contributed by atoms with van der Waals surface area (Å²) in [5, 5.41) is 21.3. The second kappa shape index (κ2) is 7.64. The highest BCUT2D eigenvalue weighted by Gasteiger charge is 2.41. The van der Waals surface area contributed by atoms with Crippen molar-refractivity contribution < 1.29 is 13.9 Å². The van der Waals surface area contributed by atoms with Gasteiger partial charge in [0.25, 0.3) is 0 Å². The first kappa shape index (κ1) is 18.9. The number of benzene rings is 1. The summed E-state index contributed by atoms with van der Waals surface area (Å²) in [6, 6.07) is 5.12. The summed E-state index contributed by atoms with van der Waals surface area (Å²) in [5.41, 5.74) is 1.68. The monoisotopic (exact) mass is 410 g/mol. The van der Waals surface area contributed by atoms with Gasteiger partial charge in [0.1, 0.15) is 17.7 Å². The molecule has 30 heavy (non-hydrogen) atoms. The van der Waals surface area contributed by atoms with Gasteiger partial charge >= 0.3 is 0 Å². The Kier molecular flexibility index (Phi) is 4.82. The molecule has 2 bridgehead atoms. The van der Waals surface area contributed by atoms with E-state index < -0.39 is 6.17 Å². The molecule has 2 aliphatic heterocycles. The van der Waals surface area contributed by atoms with Crippen LogP contribution in [0.1, 0.15) is 25.7 Å². The Morgan fingerprint density at radius 1 is 1.23 bits per heavy atom. The number of piperidine rings is 2. The van der Waals surface area contributed by atoms with E-state index in [4.69, 9.17) is 4.42 Å². The second-order valence-corrected chi connectivity index (χ2v) is 8.00. The Balaban J connectivity index is 1.35. The number of hydrogen-bond acceptors (Lipinski definition) is 8. The molecule has 8 nitrogen and oxygen atoms in total. The molecule has 9 heteroatoms. The van der Waals surface area contributed by atoms with Crippen molar-refractivity contribution in [2.24, 2.45) is 0 Å². The van der Waals surface area contributed by atoms with E-state index in [0.717, 1.165) is 25.7 Å². The van der Waals surface area contributed by atoms with Crippen molar-refractivity contribution in [1.29, 1.82) is 0 Å². The fourth-order valence-electron chi connectivity index (χ4n) is 4.54. The number of anilines is 1. The summed E-state index contributed by atoms with van der Waals surface area (Å²) >= 11 is 0. The molecule has 1 aromatic carbocycles. The first-order chi connectivity index (χ1) is 14.6. The maximum atomic E-state index is 15.0. The topological polar surface area (TPSA) is 100 Å². The van der Waals surface area contributed by atoms with Crippen LogP contribution in [0.2, 0.25) is 0 Å². The summed E-state index contributed by atoms with van der Waals surface area (Å²) < 4.78 is 20.2. The maximum Gasteiger partial charge on any atom is 0.247 e. The highest BCUT2D eigenvalue weighted by atomic mass is 19.1. The molecule has 2 fully saturated rings. The number of aromatic nitrogens is 4. The number of rotatable bonds is 4. The molecule has 0 amide bonds. The van der Waals surface area contributed by atoms with Crippen LogP contribution in [-0.2, 0) is 0 Å². The highest BCUT2D eigenvalue weighted by Crippen LogP contribution is 2.34. The van der Waals surface area contributed by atoms with Gasteiger partial charge in [0, 0.05) is 30.3 Å². The molecule has 5 rings (SSSR count). The van der Waals surface area contributed by atoms with Crippen molar-refractivity contribution in [3.63, 3.8) is 0 Å². The minimum Gasteiger partial charge on any atom is -0.507 e. The predicted molar refractivity (Wildman–Crippen MR) is 109 cm³/mol. The number of phenolic OH excluding ortho intramolecular Hbond substituents is 1. The van der Waals surface area contributed by atoms with Crippen molar-refractivity contribution >= 4 is 5.82 Å². The average Bonchev–Trinajstić information content (AvgIpc) is 3.31. The van der Waals surface area contributed by atoms with Gasteiger partial charge in [0.2, 0.25) is 12.3 Å².